The minimum atomic E-state index is -4.28. The molecule has 0 fully saturated rings. The Morgan fingerprint density at radius 3 is 2.45 bits per heavy atom. The van der Waals surface area contributed by atoms with Gasteiger partial charge in [-0.15, -0.1) is 0 Å². The zero-order chi connectivity index (χ0) is 14.6. The number of hydrogen-bond acceptors (Lipinski definition) is 2. The van der Waals surface area contributed by atoms with E-state index >= 15 is 0 Å². The molecule has 1 aromatic carbocycles. The van der Waals surface area contributed by atoms with E-state index in [0.717, 1.165) is 30.1 Å². The first kappa shape index (κ1) is 14.6. The predicted molar refractivity (Wildman–Crippen MR) is 69.9 cm³/mol. The Morgan fingerprint density at radius 2 is 1.85 bits per heavy atom. The van der Waals surface area contributed by atoms with Crippen LogP contribution < -0.4 is 5.32 Å². The molecule has 1 aromatic heterocycles. The highest BCUT2D eigenvalue weighted by Crippen LogP contribution is 2.28. The number of alkyl halides is 3. The van der Waals surface area contributed by atoms with Gasteiger partial charge in [-0.2, -0.15) is 13.2 Å². The number of nitrogens with zero attached hydrogens (tertiary/aromatic N) is 2. The summed E-state index contributed by atoms with van der Waals surface area (Å²) < 4.78 is 39.3. The number of aryl methyl sites for hydroxylation is 1. The van der Waals surface area contributed by atoms with Gasteiger partial charge in [-0.3, -0.25) is 0 Å². The first-order chi connectivity index (χ1) is 9.50. The van der Waals surface area contributed by atoms with Crippen LogP contribution in [0.15, 0.2) is 36.7 Å². The number of rotatable bonds is 5. The number of imidazole rings is 1. The number of halogens is 3. The standard InChI is InChI=1S/C14H16F3N3/c1-2-20-8-7-19-13(20)10-18-9-11-3-5-12(6-4-11)14(15,16)17/h3-8,18H,2,9-10H2,1H3. The summed E-state index contributed by atoms with van der Waals surface area (Å²) in [4.78, 5) is 4.22. The summed E-state index contributed by atoms with van der Waals surface area (Å²) in [6.07, 6.45) is -0.647. The van der Waals surface area contributed by atoms with E-state index in [1.807, 2.05) is 17.7 Å². The van der Waals surface area contributed by atoms with Crippen LogP contribution in [-0.2, 0) is 25.8 Å². The second-order valence-corrected chi connectivity index (χ2v) is 4.43. The lowest BCUT2D eigenvalue weighted by molar-refractivity contribution is -0.137. The molecule has 3 nitrogen and oxygen atoms in total. The van der Waals surface area contributed by atoms with Gasteiger partial charge in [0.1, 0.15) is 5.82 Å². The van der Waals surface area contributed by atoms with Crippen LogP contribution in [0.1, 0.15) is 23.9 Å². The molecule has 2 aromatic rings. The largest absolute Gasteiger partial charge is 0.416 e. The van der Waals surface area contributed by atoms with Crippen molar-refractivity contribution in [1.82, 2.24) is 14.9 Å². The zero-order valence-corrected chi connectivity index (χ0v) is 11.1. The summed E-state index contributed by atoms with van der Waals surface area (Å²) in [7, 11) is 0. The smallest absolute Gasteiger partial charge is 0.334 e. The summed E-state index contributed by atoms with van der Waals surface area (Å²) in [6.45, 7) is 3.97. The molecule has 0 radical (unpaired) electrons. The third-order valence-electron chi connectivity index (χ3n) is 3.04. The molecule has 0 atom stereocenters. The van der Waals surface area contributed by atoms with E-state index < -0.39 is 11.7 Å². The molecule has 0 saturated heterocycles. The molecular formula is C14H16F3N3. The summed E-state index contributed by atoms with van der Waals surface area (Å²) in [5.74, 6) is 0.916. The molecule has 20 heavy (non-hydrogen) atoms. The van der Waals surface area contributed by atoms with Crippen LogP contribution in [0.5, 0.6) is 0 Å². The van der Waals surface area contributed by atoms with Crippen molar-refractivity contribution in [2.75, 3.05) is 0 Å². The Morgan fingerprint density at radius 1 is 1.15 bits per heavy atom. The quantitative estimate of drug-likeness (QED) is 0.913. The van der Waals surface area contributed by atoms with E-state index in [9.17, 15) is 13.2 Å². The Hall–Kier alpha value is -1.82. The SMILES string of the molecule is CCn1ccnc1CNCc1ccc(C(F)(F)F)cc1. The van der Waals surface area contributed by atoms with Gasteiger partial charge in [-0.1, -0.05) is 12.1 Å². The molecule has 0 aliphatic heterocycles. The van der Waals surface area contributed by atoms with Crippen LogP contribution in [0.3, 0.4) is 0 Å². The molecule has 0 unspecified atom stereocenters. The van der Waals surface area contributed by atoms with Gasteiger partial charge < -0.3 is 9.88 Å². The van der Waals surface area contributed by atoms with Gasteiger partial charge in [0.15, 0.2) is 0 Å². The minimum absolute atomic E-state index is 0.509. The number of benzene rings is 1. The lowest BCUT2D eigenvalue weighted by Gasteiger charge is -2.09. The maximum Gasteiger partial charge on any atom is 0.416 e. The molecule has 0 aliphatic rings. The number of nitrogens with one attached hydrogen (secondary N) is 1. The molecule has 2 rings (SSSR count). The average molecular weight is 283 g/mol. The third kappa shape index (κ3) is 3.60. The van der Waals surface area contributed by atoms with Crippen LogP contribution in [0, 0.1) is 0 Å². The van der Waals surface area contributed by atoms with E-state index in [1.54, 1.807) is 6.20 Å². The fourth-order valence-electron chi connectivity index (χ4n) is 1.93. The number of hydrogen-bond donors (Lipinski definition) is 1. The predicted octanol–water partition coefficient (Wildman–Crippen LogP) is 3.21. The molecule has 6 heteroatoms. The van der Waals surface area contributed by atoms with Crippen LogP contribution >= 0.6 is 0 Å². The zero-order valence-electron chi connectivity index (χ0n) is 11.1. The monoisotopic (exact) mass is 283 g/mol. The second kappa shape index (κ2) is 6.09. The van der Waals surface area contributed by atoms with Crippen LogP contribution in [-0.4, -0.2) is 9.55 Å². The van der Waals surface area contributed by atoms with Crippen LogP contribution in [0.4, 0.5) is 13.2 Å². The lowest BCUT2D eigenvalue weighted by Crippen LogP contribution is -2.16. The van der Waals surface area contributed by atoms with Gasteiger partial charge in [0.25, 0.3) is 0 Å². The van der Waals surface area contributed by atoms with Gasteiger partial charge in [0.2, 0.25) is 0 Å². The average Bonchev–Trinajstić information content (AvgIpc) is 2.86. The summed E-state index contributed by atoms with van der Waals surface area (Å²) in [5.41, 5.74) is 0.190. The van der Waals surface area contributed by atoms with Gasteiger partial charge in [0.05, 0.1) is 12.1 Å². The van der Waals surface area contributed by atoms with Crippen LogP contribution in [0.2, 0.25) is 0 Å². The molecule has 108 valence electrons. The Labute approximate surface area is 115 Å². The van der Waals surface area contributed by atoms with Gasteiger partial charge in [-0.25, -0.2) is 4.98 Å². The van der Waals surface area contributed by atoms with Crippen molar-refractivity contribution in [3.8, 4) is 0 Å². The Kier molecular flexibility index (Phi) is 4.44. The van der Waals surface area contributed by atoms with Crippen LogP contribution in [0.25, 0.3) is 0 Å². The first-order valence-corrected chi connectivity index (χ1v) is 6.37. The van der Waals surface area contributed by atoms with E-state index in [-0.39, 0.29) is 0 Å². The molecular weight excluding hydrogens is 267 g/mol. The summed E-state index contributed by atoms with van der Waals surface area (Å²) >= 11 is 0. The van der Waals surface area contributed by atoms with E-state index in [1.165, 1.54) is 12.1 Å². The Bertz CT molecular complexity index is 544. The normalized spacial score (nSPS) is 11.8. The maximum absolute atomic E-state index is 12.4. The fourth-order valence-corrected chi connectivity index (χ4v) is 1.93. The van der Waals surface area contributed by atoms with Crippen molar-refractivity contribution in [2.24, 2.45) is 0 Å². The highest BCUT2D eigenvalue weighted by Gasteiger charge is 2.29. The molecule has 0 bridgehead atoms. The Balaban J connectivity index is 1.88. The topological polar surface area (TPSA) is 29.9 Å². The molecule has 1 heterocycles. The van der Waals surface area contributed by atoms with Crippen molar-refractivity contribution in [1.29, 1.82) is 0 Å². The molecule has 0 amide bonds. The second-order valence-electron chi connectivity index (χ2n) is 4.43. The third-order valence-corrected chi connectivity index (χ3v) is 3.04. The van der Waals surface area contributed by atoms with Gasteiger partial charge in [0, 0.05) is 25.5 Å². The highest BCUT2D eigenvalue weighted by atomic mass is 19.4. The molecule has 0 spiro atoms. The summed E-state index contributed by atoms with van der Waals surface area (Å²) in [6, 6.07) is 5.18. The lowest BCUT2D eigenvalue weighted by atomic mass is 10.1. The van der Waals surface area contributed by atoms with E-state index in [2.05, 4.69) is 10.3 Å². The van der Waals surface area contributed by atoms with Gasteiger partial charge >= 0.3 is 6.18 Å². The van der Waals surface area contributed by atoms with Crippen molar-refractivity contribution in [3.05, 3.63) is 53.6 Å². The van der Waals surface area contributed by atoms with E-state index in [0.29, 0.717) is 13.1 Å². The van der Waals surface area contributed by atoms with Crippen molar-refractivity contribution < 1.29 is 13.2 Å². The minimum Gasteiger partial charge on any atom is -0.334 e. The first-order valence-electron chi connectivity index (χ1n) is 6.37. The molecule has 0 saturated carbocycles. The summed E-state index contributed by atoms with van der Waals surface area (Å²) in [5, 5.41) is 3.17. The maximum atomic E-state index is 12.4. The fraction of sp³-hybridized carbons (Fsp3) is 0.357. The molecule has 1 N–H and O–H groups in total. The van der Waals surface area contributed by atoms with E-state index in [4.69, 9.17) is 0 Å². The number of aromatic nitrogens is 2. The van der Waals surface area contributed by atoms with Gasteiger partial charge in [-0.05, 0) is 24.6 Å². The van der Waals surface area contributed by atoms with Crippen molar-refractivity contribution in [3.63, 3.8) is 0 Å². The molecule has 0 aliphatic carbocycles. The highest BCUT2D eigenvalue weighted by molar-refractivity contribution is 5.24. The van der Waals surface area contributed by atoms with Crippen molar-refractivity contribution >= 4 is 0 Å². The van der Waals surface area contributed by atoms with Crippen molar-refractivity contribution in [2.45, 2.75) is 32.7 Å².